The lowest BCUT2D eigenvalue weighted by Gasteiger charge is -2.33. The lowest BCUT2D eigenvalue weighted by Crippen LogP contribution is -2.50. The van der Waals surface area contributed by atoms with Gasteiger partial charge >= 0.3 is 5.97 Å². The van der Waals surface area contributed by atoms with Crippen molar-refractivity contribution in [1.82, 2.24) is 0 Å². The van der Waals surface area contributed by atoms with Crippen LogP contribution >= 0.6 is 0 Å². The quantitative estimate of drug-likeness (QED) is 0.651. The molecule has 128 valence electrons. The Bertz CT molecular complexity index is 437. The second-order valence-electron chi connectivity index (χ2n) is 6.28. The van der Waals surface area contributed by atoms with E-state index in [9.17, 15) is 19.5 Å². The number of carboxylic acid groups (broad SMARTS) is 1. The standard InChI is InChI=1S/C15H26O7/c1-8(16)11(17)14(4,5)21-9(2)12(18)15(6,7)22-10(3)13(19)20/h8-10,16H,1-7H3,(H,19,20). The van der Waals surface area contributed by atoms with Gasteiger partial charge in [-0.15, -0.1) is 0 Å². The van der Waals surface area contributed by atoms with Crippen LogP contribution in [0.2, 0.25) is 0 Å². The number of rotatable bonds is 9. The van der Waals surface area contributed by atoms with Crippen molar-refractivity contribution in [2.24, 2.45) is 0 Å². The Hall–Kier alpha value is -1.31. The van der Waals surface area contributed by atoms with E-state index in [1.807, 2.05) is 0 Å². The topological polar surface area (TPSA) is 110 Å². The summed E-state index contributed by atoms with van der Waals surface area (Å²) in [5.41, 5.74) is -2.74. The molecule has 0 rings (SSSR count). The van der Waals surface area contributed by atoms with E-state index in [0.717, 1.165) is 0 Å². The van der Waals surface area contributed by atoms with E-state index in [4.69, 9.17) is 14.6 Å². The van der Waals surface area contributed by atoms with Gasteiger partial charge in [-0.2, -0.15) is 0 Å². The zero-order valence-corrected chi connectivity index (χ0v) is 14.2. The van der Waals surface area contributed by atoms with E-state index < -0.39 is 47.0 Å². The minimum absolute atomic E-state index is 0.493. The fourth-order valence-corrected chi connectivity index (χ4v) is 2.10. The Morgan fingerprint density at radius 1 is 0.818 bits per heavy atom. The molecule has 0 radical (unpaired) electrons. The lowest BCUT2D eigenvalue weighted by molar-refractivity contribution is -0.177. The van der Waals surface area contributed by atoms with Crippen molar-refractivity contribution in [3.8, 4) is 0 Å². The lowest BCUT2D eigenvalue weighted by atomic mass is 9.96. The number of carbonyl (C=O) groups is 3. The number of ether oxygens (including phenoxy) is 2. The number of aliphatic carboxylic acids is 1. The molecular formula is C15H26O7. The monoisotopic (exact) mass is 318 g/mol. The van der Waals surface area contributed by atoms with Crippen LogP contribution in [-0.4, -0.2) is 57.3 Å². The number of Topliss-reactive ketones (excluding diaryl/α,β-unsaturated/α-hetero) is 2. The van der Waals surface area contributed by atoms with Gasteiger partial charge in [0.2, 0.25) is 0 Å². The van der Waals surface area contributed by atoms with Crippen molar-refractivity contribution in [2.45, 2.75) is 78.0 Å². The number of ketones is 2. The third-order valence-corrected chi connectivity index (χ3v) is 3.23. The van der Waals surface area contributed by atoms with Crippen LogP contribution in [0, 0.1) is 0 Å². The minimum atomic E-state index is -1.39. The van der Waals surface area contributed by atoms with Gasteiger partial charge in [0.05, 0.1) is 0 Å². The van der Waals surface area contributed by atoms with E-state index in [1.54, 1.807) is 0 Å². The molecule has 0 aliphatic rings. The molecule has 0 aromatic heterocycles. The van der Waals surface area contributed by atoms with Crippen LogP contribution in [0.5, 0.6) is 0 Å². The maximum Gasteiger partial charge on any atom is 0.332 e. The highest BCUT2D eigenvalue weighted by molar-refractivity contribution is 5.93. The van der Waals surface area contributed by atoms with E-state index >= 15 is 0 Å². The molecule has 0 saturated heterocycles. The predicted octanol–water partition coefficient (Wildman–Crippen LogP) is 0.957. The summed E-state index contributed by atoms with van der Waals surface area (Å²) in [5, 5.41) is 18.2. The van der Waals surface area contributed by atoms with Crippen LogP contribution in [0.3, 0.4) is 0 Å². The van der Waals surface area contributed by atoms with Crippen LogP contribution in [-0.2, 0) is 23.9 Å². The van der Waals surface area contributed by atoms with Crippen molar-refractivity contribution >= 4 is 17.5 Å². The van der Waals surface area contributed by atoms with E-state index in [2.05, 4.69) is 0 Å². The van der Waals surface area contributed by atoms with Crippen LogP contribution in [0.15, 0.2) is 0 Å². The average Bonchev–Trinajstić information content (AvgIpc) is 2.35. The molecule has 2 N–H and O–H groups in total. The third-order valence-electron chi connectivity index (χ3n) is 3.23. The summed E-state index contributed by atoms with van der Waals surface area (Å²) in [7, 11) is 0. The molecule has 0 heterocycles. The zero-order valence-electron chi connectivity index (χ0n) is 14.2. The van der Waals surface area contributed by atoms with E-state index in [0.29, 0.717) is 0 Å². The first-order valence-corrected chi connectivity index (χ1v) is 7.07. The van der Waals surface area contributed by atoms with Gasteiger partial charge in [0.1, 0.15) is 23.4 Å². The molecule has 0 aliphatic heterocycles. The Labute approximate surface area is 130 Å². The summed E-state index contributed by atoms with van der Waals surface area (Å²) in [4.78, 5) is 35.0. The van der Waals surface area contributed by atoms with Crippen LogP contribution in [0.25, 0.3) is 0 Å². The fourth-order valence-electron chi connectivity index (χ4n) is 2.10. The van der Waals surface area contributed by atoms with Crippen LogP contribution in [0.4, 0.5) is 0 Å². The van der Waals surface area contributed by atoms with Crippen molar-refractivity contribution in [3.05, 3.63) is 0 Å². The van der Waals surface area contributed by atoms with Crippen LogP contribution < -0.4 is 0 Å². The molecule has 0 bridgehead atoms. The van der Waals surface area contributed by atoms with Gasteiger partial charge in [0, 0.05) is 0 Å². The first-order valence-electron chi connectivity index (χ1n) is 7.07. The summed E-state index contributed by atoms with van der Waals surface area (Å²) in [6, 6.07) is 0. The number of aliphatic hydroxyl groups is 1. The highest BCUT2D eigenvalue weighted by Crippen LogP contribution is 2.22. The Morgan fingerprint density at radius 2 is 1.18 bits per heavy atom. The molecule has 0 aliphatic carbocycles. The van der Waals surface area contributed by atoms with Gasteiger partial charge in [-0.3, -0.25) is 9.59 Å². The molecule has 0 amide bonds. The molecule has 0 aromatic rings. The van der Waals surface area contributed by atoms with Crippen LogP contribution in [0.1, 0.15) is 48.5 Å². The zero-order chi connectivity index (χ0) is 17.9. The number of carbonyl (C=O) groups excluding carboxylic acids is 2. The second-order valence-corrected chi connectivity index (χ2v) is 6.28. The SMILES string of the molecule is CC(O)C(=O)C(C)(C)OC(C)C(=O)C(C)(C)OC(C)C(=O)O. The molecule has 0 saturated carbocycles. The fraction of sp³-hybridized carbons (Fsp3) is 0.800. The van der Waals surface area contributed by atoms with Gasteiger partial charge in [-0.05, 0) is 48.5 Å². The first kappa shape index (κ1) is 20.7. The Kier molecular flexibility index (Phi) is 6.87. The molecule has 0 spiro atoms. The normalized spacial score (nSPS) is 16.7. The summed E-state index contributed by atoms with van der Waals surface area (Å²) in [6.07, 6.45) is -3.37. The van der Waals surface area contributed by atoms with E-state index in [1.165, 1.54) is 48.5 Å². The molecule has 3 atom stereocenters. The van der Waals surface area contributed by atoms with Gasteiger partial charge in [0.15, 0.2) is 17.7 Å². The van der Waals surface area contributed by atoms with Gasteiger partial charge < -0.3 is 19.7 Å². The number of hydrogen-bond donors (Lipinski definition) is 2. The Balaban J connectivity index is 4.99. The van der Waals surface area contributed by atoms with Crippen molar-refractivity contribution in [1.29, 1.82) is 0 Å². The molecule has 22 heavy (non-hydrogen) atoms. The second kappa shape index (κ2) is 7.30. The van der Waals surface area contributed by atoms with Gasteiger partial charge in [0.25, 0.3) is 0 Å². The third kappa shape index (κ3) is 5.47. The first-order chi connectivity index (χ1) is 9.72. The smallest absolute Gasteiger partial charge is 0.332 e. The molecule has 3 unspecified atom stereocenters. The van der Waals surface area contributed by atoms with Gasteiger partial charge in [-0.25, -0.2) is 4.79 Å². The molecule has 7 heteroatoms. The largest absolute Gasteiger partial charge is 0.479 e. The summed E-state index contributed by atoms with van der Waals surface area (Å²) in [5.74, 6) is -2.23. The average molecular weight is 318 g/mol. The minimum Gasteiger partial charge on any atom is -0.479 e. The van der Waals surface area contributed by atoms with Gasteiger partial charge in [-0.1, -0.05) is 0 Å². The molecular weight excluding hydrogens is 292 g/mol. The Morgan fingerprint density at radius 3 is 1.55 bits per heavy atom. The summed E-state index contributed by atoms with van der Waals surface area (Å²) >= 11 is 0. The highest BCUT2D eigenvalue weighted by Gasteiger charge is 2.40. The van der Waals surface area contributed by atoms with Crippen molar-refractivity contribution < 1.29 is 34.1 Å². The maximum absolute atomic E-state index is 12.4. The predicted molar refractivity (Wildman–Crippen MR) is 78.6 cm³/mol. The maximum atomic E-state index is 12.4. The molecule has 0 fully saturated rings. The van der Waals surface area contributed by atoms with E-state index in [-0.39, 0.29) is 0 Å². The molecule has 7 nitrogen and oxygen atoms in total. The molecule has 0 aromatic carbocycles. The number of hydrogen-bond acceptors (Lipinski definition) is 6. The number of carboxylic acids is 1. The van der Waals surface area contributed by atoms with Crippen molar-refractivity contribution in [2.75, 3.05) is 0 Å². The summed E-state index contributed by atoms with van der Waals surface area (Å²) in [6.45, 7) is 9.90. The highest BCUT2D eigenvalue weighted by atomic mass is 16.5. The van der Waals surface area contributed by atoms with Crippen molar-refractivity contribution in [3.63, 3.8) is 0 Å². The number of aliphatic hydroxyl groups excluding tert-OH is 1. The summed E-state index contributed by atoms with van der Waals surface area (Å²) < 4.78 is 10.7.